The molecule has 3 atom stereocenters. The topological polar surface area (TPSA) is 46.3 Å². The van der Waals surface area contributed by atoms with E-state index >= 15 is 0 Å². The summed E-state index contributed by atoms with van der Waals surface area (Å²) in [6.07, 6.45) is 2.11. The van der Waals surface area contributed by atoms with Gasteiger partial charge in [-0.25, -0.2) is 4.39 Å². The number of nitrogens with two attached hydrogens (primary N) is 1. The van der Waals surface area contributed by atoms with Crippen molar-refractivity contribution in [3.8, 4) is 11.1 Å². The molecule has 1 heterocycles. The van der Waals surface area contributed by atoms with Crippen LogP contribution in [0.2, 0.25) is 0 Å². The zero-order valence-corrected chi connectivity index (χ0v) is 15.3. The first kappa shape index (κ1) is 17.2. The number of carbonyl (C=O) groups excluding carboxylic acids is 1. The third-order valence-corrected chi connectivity index (χ3v) is 6.24. The van der Waals surface area contributed by atoms with E-state index in [9.17, 15) is 9.18 Å². The van der Waals surface area contributed by atoms with E-state index in [1.54, 1.807) is 11.0 Å². The van der Waals surface area contributed by atoms with Gasteiger partial charge in [-0.05, 0) is 72.9 Å². The molecule has 26 heavy (non-hydrogen) atoms. The van der Waals surface area contributed by atoms with Gasteiger partial charge < -0.3 is 10.6 Å². The summed E-state index contributed by atoms with van der Waals surface area (Å²) in [5.74, 6) is 0.187. The lowest BCUT2D eigenvalue weighted by Crippen LogP contribution is -2.33. The van der Waals surface area contributed by atoms with Gasteiger partial charge in [-0.2, -0.15) is 0 Å². The summed E-state index contributed by atoms with van der Waals surface area (Å²) in [7, 11) is 0. The van der Waals surface area contributed by atoms with Gasteiger partial charge in [0, 0.05) is 19.1 Å². The number of amides is 1. The summed E-state index contributed by atoms with van der Waals surface area (Å²) in [4.78, 5) is 14.6. The van der Waals surface area contributed by atoms with Crippen LogP contribution in [0.1, 0.15) is 34.3 Å². The van der Waals surface area contributed by atoms with E-state index in [4.69, 9.17) is 5.73 Å². The van der Waals surface area contributed by atoms with Crippen LogP contribution >= 0.6 is 0 Å². The molecular weight excluding hydrogens is 327 g/mol. The molecule has 3 unspecified atom stereocenters. The first-order valence-corrected chi connectivity index (χ1v) is 9.36. The third kappa shape index (κ3) is 2.92. The second-order valence-corrected chi connectivity index (χ2v) is 7.87. The Morgan fingerprint density at radius 1 is 1.04 bits per heavy atom. The van der Waals surface area contributed by atoms with Crippen LogP contribution in [0.3, 0.4) is 0 Å². The lowest BCUT2D eigenvalue weighted by atomic mass is 9.98. The van der Waals surface area contributed by atoms with Gasteiger partial charge in [-0.3, -0.25) is 4.79 Å². The molecule has 1 aliphatic carbocycles. The van der Waals surface area contributed by atoms with Crippen molar-refractivity contribution in [2.45, 2.75) is 32.7 Å². The van der Waals surface area contributed by atoms with Crippen molar-refractivity contribution < 1.29 is 9.18 Å². The monoisotopic (exact) mass is 352 g/mol. The van der Waals surface area contributed by atoms with E-state index in [2.05, 4.69) is 13.0 Å². The fraction of sp³-hybridized carbons (Fsp3) is 0.409. The molecule has 0 aromatic heterocycles. The first-order chi connectivity index (χ1) is 12.4. The van der Waals surface area contributed by atoms with Crippen molar-refractivity contribution in [1.82, 2.24) is 4.90 Å². The van der Waals surface area contributed by atoms with Crippen molar-refractivity contribution in [2.75, 3.05) is 13.1 Å². The minimum Gasteiger partial charge on any atom is -0.338 e. The van der Waals surface area contributed by atoms with Crippen LogP contribution in [0.5, 0.6) is 0 Å². The fourth-order valence-electron chi connectivity index (χ4n) is 4.43. The van der Waals surface area contributed by atoms with Crippen molar-refractivity contribution in [2.24, 2.45) is 17.6 Å². The Hall–Kier alpha value is -2.20. The number of carbonyl (C=O) groups is 1. The van der Waals surface area contributed by atoms with Crippen molar-refractivity contribution >= 4 is 5.91 Å². The predicted molar refractivity (Wildman–Crippen MR) is 101 cm³/mol. The molecule has 2 N–H and O–H groups in total. The molecule has 136 valence electrons. The van der Waals surface area contributed by atoms with Crippen LogP contribution in [0.25, 0.3) is 11.1 Å². The highest BCUT2D eigenvalue weighted by molar-refractivity contribution is 5.95. The Morgan fingerprint density at radius 2 is 1.77 bits per heavy atom. The number of hydrogen-bond acceptors (Lipinski definition) is 2. The fourth-order valence-corrected chi connectivity index (χ4v) is 4.43. The average molecular weight is 352 g/mol. The van der Waals surface area contributed by atoms with Gasteiger partial charge in [0.1, 0.15) is 5.82 Å². The largest absolute Gasteiger partial charge is 0.338 e. The molecule has 2 aromatic rings. The molecule has 1 amide bonds. The molecule has 2 aromatic carbocycles. The number of aryl methyl sites for hydroxylation is 2. The second kappa shape index (κ2) is 6.51. The molecule has 1 saturated heterocycles. The zero-order chi connectivity index (χ0) is 18.4. The van der Waals surface area contributed by atoms with Crippen LogP contribution in [0, 0.1) is 31.5 Å². The highest BCUT2D eigenvalue weighted by atomic mass is 19.1. The number of fused-ring (bicyclic) bond motifs is 1. The molecule has 0 bridgehead atoms. The van der Waals surface area contributed by atoms with Crippen LogP contribution < -0.4 is 5.73 Å². The summed E-state index contributed by atoms with van der Waals surface area (Å²) in [5, 5.41) is 0. The maximum atomic E-state index is 14.7. The first-order valence-electron chi connectivity index (χ1n) is 9.36. The Balaban J connectivity index is 1.56. The Morgan fingerprint density at radius 3 is 2.46 bits per heavy atom. The van der Waals surface area contributed by atoms with Gasteiger partial charge >= 0.3 is 0 Å². The molecular formula is C22H25FN2O. The lowest BCUT2D eigenvalue weighted by Gasteiger charge is -2.19. The van der Waals surface area contributed by atoms with Gasteiger partial charge in [0.2, 0.25) is 0 Å². The summed E-state index contributed by atoms with van der Waals surface area (Å²) in [6.45, 7) is 5.46. The Labute approximate surface area is 154 Å². The van der Waals surface area contributed by atoms with E-state index in [-0.39, 0.29) is 17.5 Å². The van der Waals surface area contributed by atoms with Gasteiger partial charge in [-0.15, -0.1) is 0 Å². The normalized spacial score (nSPS) is 24.8. The lowest BCUT2D eigenvalue weighted by molar-refractivity contribution is 0.0775. The molecule has 1 saturated carbocycles. The van der Waals surface area contributed by atoms with Gasteiger partial charge in [-0.1, -0.05) is 24.3 Å². The maximum Gasteiger partial charge on any atom is 0.256 e. The SMILES string of the molecule is Cc1ccc(-c2ccc(C(=O)N3CC4CCC(N)C4C3)c(F)c2)cc1C. The summed E-state index contributed by atoms with van der Waals surface area (Å²) in [5.41, 5.74) is 10.4. The average Bonchev–Trinajstić information content (AvgIpc) is 3.19. The zero-order valence-electron chi connectivity index (χ0n) is 15.3. The van der Waals surface area contributed by atoms with E-state index in [0.29, 0.717) is 24.9 Å². The summed E-state index contributed by atoms with van der Waals surface area (Å²) in [6, 6.07) is 11.2. The summed E-state index contributed by atoms with van der Waals surface area (Å²) >= 11 is 0. The molecule has 4 heteroatoms. The number of nitrogens with zero attached hydrogens (tertiary/aromatic N) is 1. The predicted octanol–water partition coefficient (Wildman–Crippen LogP) is 3.92. The maximum absolute atomic E-state index is 14.7. The molecule has 4 rings (SSSR count). The number of rotatable bonds is 2. The number of benzene rings is 2. The Bertz CT molecular complexity index is 863. The van der Waals surface area contributed by atoms with Crippen molar-refractivity contribution in [1.29, 1.82) is 0 Å². The molecule has 2 fully saturated rings. The van der Waals surface area contributed by atoms with Gasteiger partial charge in [0.05, 0.1) is 5.56 Å². The highest BCUT2D eigenvalue weighted by Crippen LogP contribution is 2.38. The van der Waals surface area contributed by atoms with Crippen molar-refractivity contribution in [3.63, 3.8) is 0 Å². The van der Waals surface area contributed by atoms with E-state index in [0.717, 1.165) is 24.0 Å². The molecule has 1 aliphatic heterocycles. The number of halogens is 1. The van der Waals surface area contributed by atoms with Crippen LogP contribution in [0.15, 0.2) is 36.4 Å². The quantitative estimate of drug-likeness (QED) is 0.890. The van der Waals surface area contributed by atoms with Crippen molar-refractivity contribution in [3.05, 3.63) is 58.9 Å². The minimum atomic E-state index is -0.452. The van der Waals surface area contributed by atoms with Crippen LogP contribution in [-0.2, 0) is 0 Å². The standard InChI is InChI=1S/C22H25FN2O/c1-13-3-4-15(9-14(13)2)16-5-7-18(20(23)10-16)22(26)25-11-17-6-8-21(24)19(17)12-25/h3-5,7,9-10,17,19,21H,6,8,11-12,24H2,1-2H3. The molecule has 0 spiro atoms. The minimum absolute atomic E-state index is 0.158. The third-order valence-electron chi connectivity index (χ3n) is 6.24. The Kier molecular flexibility index (Phi) is 4.31. The van der Waals surface area contributed by atoms with E-state index < -0.39 is 5.82 Å². The van der Waals surface area contributed by atoms with Gasteiger partial charge in [0.15, 0.2) is 0 Å². The van der Waals surface area contributed by atoms with E-state index in [1.807, 2.05) is 25.1 Å². The smallest absolute Gasteiger partial charge is 0.256 e. The highest BCUT2D eigenvalue weighted by Gasteiger charge is 2.42. The molecule has 2 aliphatic rings. The van der Waals surface area contributed by atoms with Gasteiger partial charge in [0.25, 0.3) is 5.91 Å². The second-order valence-electron chi connectivity index (χ2n) is 7.87. The molecule has 0 radical (unpaired) electrons. The van der Waals surface area contributed by atoms with Crippen LogP contribution in [-0.4, -0.2) is 29.9 Å². The number of likely N-dealkylation sites (tertiary alicyclic amines) is 1. The van der Waals surface area contributed by atoms with Crippen LogP contribution in [0.4, 0.5) is 4.39 Å². The summed E-state index contributed by atoms with van der Waals surface area (Å²) < 4.78 is 14.7. The molecule has 3 nitrogen and oxygen atoms in total. The van der Waals surface area contributed by atoms with E-state index in [1.165, 1.54) is 17.2 Å². The number of hydrogen-bond donors (Lipinski definition) is 1.